The summed E-state index contributed by atoms with van der Waals surface area (Å²) in [6, 6.07) is 15.9. The number of benzene rings is 2. The van der Waals surface area contributed by atoms with Gasteiger partial charge < -0.3 is 10.6 Å². The zero-order valence-electron chi connectivity index (χ0n) is 12.8. The van der Waals surface area contributed by atoms with Gasteiger partial charge in [-0.3, -0.25) is 0 Å². The lowest BCUT2D eigenvalue weighted by Crippen LogP contribution is -2.28. The maximum Gasteiger partial charge on any atom is 0.319 e. The van der Waals surface area contributed by atoms with Crippen LogP contribution < -0.4 is 10.6 Å². The summed E-state index contributed by atoms with van der Waals surface area (Å²) in [6.07, 6.45) is 0. The normalized spacial score (nSPS) is 10.5. The number of carbonyl (C=O) groups is 1. The Balaban J connectivity index is 1.87. The number of hydrogen-bond acceptors (Lipinski definition) is 1. The van der Waals surface area contributed by atoms with Gasteiger partial charge in [0.1, 0.15) is 0 Å². The van der Waals surface area contributed by atoms with E-state index in [9.17, 15) is 4.79 Å². The van der Waals surface area contributed by atoms with Crippen LogP contribution in [0.1, 0.15) is 36.5 Å². The first-order chi connectivity index (χ1) is 10.0. The minimum Gasteiger partial charge on any atom is -0.334 e. The second kappa shape index (κ2) is 6.93. The van der Waals surface area contributed by atoms with E-state index in [4.69, 9.17) is 0 Å². The molecule has 0 aliphatic carbocycles. The van der Waals surface area contributed by atoms with Gasteiger partial charge in [0.05, 0.1) is 0 Å². The largest absolute Gasteiger partial charge is 0.334 e. The molecule has 0 saturated carbocycles. The highest BCUT2D eigenvalue weighted by Crippen LogP contribution is 2.17. The van der Waals surface area contributed by atoms with Crippen molar-refractivity contribution in [2.75, 3.05) is 5.32 Å². The van der Waals surface area contributed by atoms with Crippen molar-refractivity contribution < 1.29 is 4.79 Å². The molecule has 0 spiro atoms. The Morgan fingerprint density at radius 2 is 1.81 bits per heavy atom. The quantitative estimate of drug-likeness (QED) is 0.855. The van der Waals surface area contributed by atoms with E-state index in [2.05, 4.69) is 30.5 Å². The van der Waals surface area contributed by atoms with E-state index in [0.717, 1.165) is 11.3 Å². The van der Waals surface area contributed by atoms with Gasteiger partial charge in [-0.2, -0.15) is 0 Å². The van der Waals surface area contributed by atoms with Crippen LogP contribution in [0.15, 0.2) is 48.5 Å². The van der Waals surface area contributed by atoms with Crippen LogP contribution in [0, 0.1) is 6.92 Å². The molecule has 2 amide bonds. The molecule has 0 aliphatic heterocycles. The van der Waals surface area contributed by atoms with Crippen LogP contribution in [-0.2, 0) is 6.54 Å². The molecule has 0 radical (unpaired) electrons. The van der Waals surface area contributed by atoms with Crippen molar-refractivity contribution >= 4 is 11.7 Å². The van der Waals surface area contributed by atoms with Crippen molar-refractivity contribution in [2.45, 2.75) is 33.2 Å². The van der Waals surface area contributed by atoms with Crippen molar-refractivity contribution in [3.8, 4) is 0 Å². The topological polar surface area (TPSA) is 41.1 Å². The summed E-state index contributed by atoms with van der Waals surface area (Å²) < 4.78 is 0. The van der Waals surface area contributed by atoms with Gasteiger partial charge in [0.25, 0.3) is 0 Å². The lowest BCUT2D eigenvalue weighted by Gasteiger charge is -2.10. The van der Waals surface area contributed by atoms with Crippen LogP contribution in [0.2, 0.25) is 0 Å². The predicted octanol–water partition coefficient (Wildman–Crippen LogP) is 4.44. The van der Waals surface area contributed by atoms with Crippen molar-refractivity contribution in [2.24, 2.45) is 0 Å². The Kier molecular flexibility index (Phi) is 4.99. The van der Waals surface area contributed by atoms with Gasteiger partial charge in [0, 0.05) is 12.2 Å². The molecule has 0 atom stereocenters. The molecule has 2 N–H and O–H groups in total. The van der Waals surface area contributed by atoms with E-state index in [1.54, 1.807) is 0 Å². The van der Waals surface area contributed by atoms with Gasteiger partial charge in [0.2, 0.25) is 0 Å². The number of hydrogen-bond donors (Lipinski definition) is 2. The third kappa shape index (κ3) is 4.63. The summed E-state index contributed by atoms with van der Waals surface area (Å²) in [5.41, 5.74) is 4.36. The number of anilines is 1. The Labute approximate surface area is 126 Å². The molecule has 2 rings (SSSR count). The molecular formula is C18H22N2O. The Bertz CT molecular complexity index is 603. The molecule has 2 aromatic rings. The second-order valence-corrected chi connectivity index (χ2v) is 5.57. The third-order valence-corrected chi connectivity index (χ3v) is 3.37. The molecule has 0 aromatic heterocycles. The third-order valence-electron chi connectivity index (χ3n) is 3.37. The molecule has 0 saturated heterocycles. The van der Waals surface area contributed by atoms with Crippen molar-refractivity contribution in [1.29, 1.82) is 0 Å². The van der Waals surface area contributed by atoms with E-state index in [0.29, 0.717) is 12.5 Å². The van der Waals surface area contributed by atoms with Gasteiger partial charge in [-0.25, -0.2) is 4.79 Å². The highest BCUT2D eigenvalue weighted by atomic mass is 16.2. The fourth-order valence-electron chi connectivity index (χ4n) is 2.13. The number of amides is 2. The Morgan fingerprint density at radius 3 is 2.43 bits per heavy atom. The SMILES string of the molecule is Cc1cccc(CNC(=O)Nc2ccc(C(C)C)cc2)c1. The number of nitrogens with one attached hydrogen (secondary N) is 2. The first-order valence-electron chi connectivity index (χ1n) is 7.25. The first kappa shape index (κ1) is 15.1. The summed E-state index contributed by atoms with van der Waals surface area (Å²) in [6.45, 7) is 6.87. The number of rotatable bonds is 4. The predicted molar refractivity (Wildman–Crippen MR) is 87.6 cm³/mol. The maximum atomic E-state index is 11.9. The van der Waals surface area contributed by atoms with Crippen molar-refractivity contribution in [3.63, 3.8) is 0 Å². The number of urea groups is 1. The van der Waals surface area contributed by atoms with Crippen molar-refractivity contribution in [1.82, 2.24) is 5.32 Å². The fourth-order valence-corrected chi connectivity index (χ4v) is 2.13. The Hall–Kier alpha value is -2.29. The Morgan fingerprint density at radius 1 is 1.10 bits per heavy atom. The molecule has 0 bridgehead atoms. The average molecular weight is 282 g/mol. The van der Waals surface area contributed by atoms with Gasteiger partial charge in [0.15, 0.2) is 0 Å². The molecule has 21 heavy (non-hydrogen) atoms. The average Bonchev–Trinajstić information content (AvgIpc) is 2.46. The van der Waals surface area contributed by atoms with Crippen LogP contribution in [0.4, 0.5) is 10.5 Å². The molecule has 0 heterocycles. The van der Waals surface area contributed by atoms with Crippen LogP contribution in [0.25, 0.3) is 0 Å². The van der Waals surface area contributed by atoms with Crippen LogP contribution >= 0.6 is 0 Å². The molecular weight excluding hydrogens is 260 g/mol. The fraction of sp³-hybridized carbons (Fsp3) is 0.278. The molecule has 0 unspecified atom stereocenters. The summed E-state index contributed by atoms with van der Waals surface area (Å²) >= 11 is 0. The zero-order valence-corrected chi connectivity index (χ0v) is 12.8. The molecule has 3 heteroatoms. The summed E-state index contributed by atoms with van der Waals surface area (Å²) in [5.74, 6) is 0.495. The van der Waals surface area contributed by atoms with Crippen LogP contribution in [0.5, 0.6) is 0 Å². The monoisotopic (exact) mass is 282 g/mol. The van der Waals surface area contributed by atoms with Crippen LogP contribution in [0.3, 0.4) is 0 Å². The van der Waals surface area contributed by atoms with E-state index in [1.807, 2.05) is 49.4 Å². The minimum absolute atomic E-state index is 0.186. The van der Waals surface area contributed by atoms with Gasteiger partial charge in [-0.1, -0.05) is 55.8 Å². The minimum atomic E-state index is -0.186. The standard InChI is InChI=1S/C18H22N2O/c1-13(2)16-7-9-17(10-8-16)20-18(21)19-12-15-6-4-5-14(3)11-15/h4-11,13H,12H2,1-3H3,(H2,19,20,21). The first-order valence-corrected chi connectivity index (χ1v) is 7.25. The molecule has 110 valence electrons. The van der Waals surface area contributed by atoms with E-state index in [-0.39, 0.29) is 6.03 Å². The lowest BCUT2D eigenvalue weighted by atomic mass is 10.0. The van der Waals surface area contributed by atoms with Gasteiger partial charge >= 0.3 is 6.03 Å². The van der Waals surface area contributed by atoms with E-state index in [1.165, 1.54) is 11.1 Å². The van der Waals surface area contributed by atoms with Gasteiger partial charge in [-0.15, -0.1) is 0 Å². The number of aryl methyl sites for hydroxylation is 1. The molecule has 2 aromatic carbocycles. The maximum absolute atomic E-state index is 11.9. The highest BCUT2D eigenvalue weighted by molar-refractivity contribution is 5.89. The highest BCUT2D eigenvalue weighted by Gasteiger charge is 2.03. The summed E-state index contributed by atoms with van der Waals surface area (Å²) in [4.78, 5) is 11.9. The molecule has 0 aliphatic rings. The second-order valence-electron chi connectivity index (χ2n) is 5.57. The zero-order chi connectivity index (χ0) is 15.2. The van der Waals surface area contributed by atoms with Gasteiger partial charge in [-0.05, 0) is 36.1 Å². The summed E-state index contributed by atoms with van der Waals surface area (Å²) in [7, 11) is 0. The summed E-state index contributed by atoms with van der Waals surface area (Å²) in [5, 5.41) is 5.70. The van der Waals surface area contributed by atoms with E-state index < -0.39 is 0 Å². The molecule has 3 nitrogen and oxygen atoms in total. The van der Waals surface area contributed by atoms with Crippen LogP contribution in [-0.4, -0.2) is 6.03 Å². The smallest absolute Gasteiger partial charge is 0.319 e. The number of carbonyl (C=O) groups excluding carboxylic acids is 1. The van der Waals surface area contributed by atoms with Crippen molar-refractivity contribution in [3.05, 3.63) is 65.2 Å². The van der Waals surface area contributed by atoms with E-state index >= 15 is 0 Å². The molecule has 0 fully saturated rings. The lowest BCUT2D eigenvalue weighted by molar-refractivity contribution is 0.251.